The number of rotatable bonds is 6. The van der Waals surface area contributed by atoms with Crippen molar-refractivity contribution in [3.05, 3.63) is 0 Å². The van der Waals surface area contributed by atoms with E-state index >= 15 is 0 Å². The Kier molecular flexibility index (Phi) is 7.48. The van der Waals surface area contributed by atoms with Crippen LogP contribution in [-0.2, 0) is 9.59 Å². The van der Waals surface area contributed by atoms with Gasteiger partial charge >= 0.3 is 11.8 Å². The SMILES string of the molecule is C[C@H]1CCCC[C@@H]1NC(=O)C(=O)NCCCCCO. The molecule has 0 bridgehead atoms. The summed E-state index contributed by atoms with van der Waals surface area (Å²) in [7, 11) is 0. The van der Waals surface area contributed by atoms with E-state index in [1.807, 2.05) is 0 Å². The lowest BCUT2D eigenvalue weighted by Crippen LogP contribution is -2.47. The van der Waals surface area contributed by atoms with Gasteiger partial charge in [-0.25, -0.2) is 0 Å². The average molecular weight is 270 g/mol. The van der Waals surface area contributed by atoms with Gasteiger partial charge in [-0.15, -0.1) is 0 Å². The van der Waals surface area contributed by atoms with Crippen LogP contribution in [0.1, 0.15) is 51.9 Å². The van der Waals surface area contributed by atoms with Crippen molar-refractivity contribution in [1.29, 1.82) is 0 Å². The van der Waals surface area contributed by atoms with Crippen LogP contribution < -0.4 is 10.6 Å². The maximum absolute atomic E-state index is 11.7. The van der Waals surface area contributed by atoms with Gasteiger partial charge in [-0.3, -0.25) is 9.59 Å². The summed E-state index contributed by atoms with van der Waals surface area (Å²) >= 11 is 0. The second-order valence-electron chi connectivity index (χ2n) is 5.38. The fourth-order valence-corrected chi connectivity index (χ4v) is 2.46. The lowest BCUT2D eigenvalue weighted by atomic mass is 9.86. The molecule has 1 fully saturated rings. The zero-order valence-corrected chi connectivity index (χ0v) is 11.8. The minimum absolute atomic E-state index is 0.140. The zero-order chi connectivity index (χ0) is 14.1. The van der Waals surface area contributed by atoms with Gasteiger partial charge in [0.05, 0.1) is 0 Å². The molecule has 0 unspecified atom stereocenters. The number of amides is 2. The van der Waals surface area contributed by atoms with E-state index in [9.17, 15) is 9.59 Å². The van der Waals surface area contributed by atoms with Crippen LogP contribution in [0.25, 0.3) is 0 Å². The molecule has 0 spiro atoms. The number of hydrogen-bond donors (Lipinski definition) is 3. The van der Waals surface area contributed by atoms with Gasteiger partial charge in [0.2, 0.25) is 0 Å². The van der Waals surface area contributed by atoms with Crippen LogP contribution in [0, 0.1) is 5.92 Å². The van der Waals surface area contributed by atoms with Crippen LogP contribution in [0.3, 0.4) is 0 Å². The molecule has 5 nitrogen and oxygen atoms in total. The smallest absolute Gasteiger partial charge is 0.309 e. The third kappa shape index (κ3) is 6.05. The van der Waals surface area contributed by atoms with E-state index in [1.54, 1.807) is 0 Å². The number of aliphatic hydroxyl groups is 1. The summed E-state index contributed by atoms with van der Waals surface area (Å²) in [5, 5.41) is 14.1. The second kappa shape index (κ2) is 8.91. The van der Waals surface area contributed by atoms with Crippen LogP contribution in [0.5, 0.6) is 0 Å². The third-order valence-corrected chi connectivity index (χ3v) is 3.75. The van der Waals surface area contributed by atoms with Crippen molar-refractivity contribution in [3.63, 3.8) is 0 Å². The summed E-state index contributed by atoms with van der Waals surface area (Å²) in [6.07, 6.45) is 6.81. The van der Waals surface area contributed by atoms with Crippen molar-refractivity contribution in [2.45, 2.75) is 57.9 Å². The highest BCUT2D eigenvalue weighted by Crippen LogP contribution is 2.23. The first-order valence-corrected chi connectivity index (χ1v) is 7.34. The van der Waals surface area contributed by atoms with E-state index in [1.165, 1.54) is 6.42 Å². The van der Waals surface area contributed by atoms with Crippen LogP contribution in [-0.4, -0.2) is 36.1 Å². The number of nitrogens with one attached hydrogen (secondary N) is 2. The predicted molar refractivity (Wildman–Crippen MR) is 73.5 cm³/mol. The average Bonchev–Trinajstić information content (AvgIpc) is 2.41. The molecule has 19 heavy (non-hydrogen) atoms. The van der Waals surface area contributed by atoms with E-state index in [0.29, 0.717) is 12.5 Å². The molecule has 0 aromatic rings. The lowest BCUT2D eigenvalue weighted by Gasteiger charge is -2.29. The minimum atomic E-state index is -0.540. The Balaban J connectivity index is 2.19. The standard InChI is InChI=1S/C14H26N2O3/c1-11-7-3-4-8-12(11)16-14(19)13(18)15-9-5-2-6-10-17/h11-12,17H,2-10H2,1H3,(H,15,18)(H,16,19)/t11-,12-/m0/s1. The molecule has 1 aliphatic carbocycles. The summed E-state index contributed by atoms with van der Waals surface area (Å²) in [6.45, 7) is 2.79. The van der Waals surface area contributed by atoms with Gasteiger partial charge in [0.15, 0.2) is 0 Å². The molecule has 2 amide bonds. The van der Waals surface area contributed by atoms with Crippen molar-refractivity contribution >= 4 is 11.8 Å². The quantitative estimate of drug-likeness (QED) is 0.497. The Labute approximate surface area is 115 Å². The summed E-state index contributed by atoms with van der Waals surface area (Å²) in [4.78, 5) is 23.3. The summed E-state index contributed by atoms with van der Waals surface area (Å²) in [5.41, 5.74) is 0. The first kappa shape index (κ1) is 16.0. The van der Waals surface area contributed by atoms with E-state index in [2.05, 4.69) is 17.6 Å². The van der Waals surface area contributed by atoms with Gasteiger partial charge in [-0.05, 0) is 38.0 Å². The first-order chi connectivity index (χ1) is 9.15. The minimum Gasteiger partial charge on any atom is -0.396 e. The van der Waals surface area contributed by atoms with Crippen LogP contribution >= 0.6 is 0 Å². The highest BCUT2D eigenvalue weighted by atomic mass is 16.3. The van der Waals surface area contributed by atoms with Gasteiger partial charge in [0, 0.05) is 19.2 Å². The molecule has 0 aromatic carbocycles. The molecular formula is C14H26N2O3. The first-order valence-electron chi connectivity index (χ1n) is 7.34. The number of aliphatic hydroxyl groups excluding tert-OH is 1. The third-order valence-electron chi connectivity index (χ3n) is 3.75. The topological polar surface area (TPSA) is 78.4 Å². The molecule has 0 saturated heterocycles. The van der Waals surface area contributed by atoms with Gasteiger partial charge in [-0.1, -0.05) is 19.8 Å². The van der Waals surface area contributed by atoms with Gasteiger partial charge in [0.1, 0.15) is 0 Å². The molecule has 0 heterocycles. The van der Waals surface area contributed by atoms with Crippen molar-refractivity contribution in [2.24, 2.45) is 5.92 Å². The summed E-state index contributed by atoms with van der Waals surface area (Å²) in [5.74, 6) is -0.599. The van der Waals surface area contributed by atoms with Crippen molar-refractivity contribution in [2.75, 3.05) is 13.2 Å². The van der Waals surface area contributed by atoms with Gasteiger partial charge in [-0.2, -0.15) is 0 Å². The van der Waals surface area contributed by atoms with Crippen molar-refractivity contribution in [3.8, 4) is 0 Å². The Bertz CT molecular complexity index is 294. The molecule has 3 N–H and O–H groups in total. The van der Waals surface area contributed by atoms with Crippen LogP contribution in [0.2, 0.25) is 0 Å². The highest BCUT2D eigenvalue weighted by molar-refractivity contribution is 6.35. The lowest BCUT2D eigenvalue weighted by molar-refractivity contribution is -0.140. The molecule has 2 atom stereocenters. The van der Waals surface area contributed by atoms with E-state index < -0.39 is 11.8 Å². The monoisotopic (exact) mass is 270 g/mol. The number of hydrogen-bond acceptors (Lipinski definition) is 3. The van der Waals surface area contributed by atoms with Gasteiger partial charge < -0.3 is 15.7 Å². The molecule has 0 aromatic heterocycles. The fraction of sp³-hybridized carbons (Fsp3) is 0.857. The molecular weight excluding hydrogens is 244 g/mol. The van der Waals surface area contributed by atoms with E-state index in [0.717, 1.165) is 38.5 Å². The van der Waals surface area contributed by atoms with E-state index in [4.69, 9.17) is 5.11 Å². The predicted octanol–water partition coefficient (Wildman–Crippen LogP) is 0.960. The number of carbonyl (C=O) groups is 2. The Hall–Kier alpha value is -1.10. The van der Waals surface area contributed by atoms with Crippen molar-refractivity contribution < 1.29 is 14.7 Å². The number of carbonyl (C=O) groups excluding carboxylic acids is 2. The Morgan fingerprint density at radius 3 is 2.53 bits per heavy atom. The molecule has 0 aliphatic heterocycles. The molecule has 1 saturated carbocycles. The Morgan fingerprint density at radius 2 is 1.84 bits per heavy atom. The second-order valence-corrected chi connectivity index (χ2v) is 5.38. The maximum Gasteiger partial charge on any atom is 0.309 e. The largest absolute Gasteiger partial charge is 0.396 e. The van der Waals surface area contributed by atoms with Crippen LogP contribution in [0.4, 0.5) is 0 Å². The normalized spacial score (nSPS) is 22.8. The zero-order valence-electron chi connectivity index (χ0n) is 11.8. The van der Waals surface area contributed by atoms with E-state index in [-0.39, 0.29) is 12.6 Å². The van der Waals surface area contributed by atoms with Crippen LogP contribution in [0.15, 0.2) is 0 Å². The number of unbranched alkanes of at least 4 members (excludes halogenated alkanes) is 2. The summed E-state index contributed by atoms with van der Waals surface area (Å²) in [6, 6.07) is 0.140. The highest BCUT2D eigenvalue weighted by Gasteiger charge is 2.25. The maximum atomic E-state index is 11.7. The molecule has 1 rings (SSSR count). The summed E-state index contributed by atoms with van der Waals surface area (Å²) < 4.78 is 0. The Morgan fingerprint density at radius 1 is 1.11 bits per heavy atom. The molecule has 0 radical (unpaired) electrons. The fourth-order valence-electron chi connectivity index (χ4n) is 2.46. The molecule has 110 valence electrons. The van der Waals surface area contributed by atoms with Gasteiger partial charge in [0.25, 0.3) is 0 Å². The van der Waals surface area contributed by atoms with Crippen molar-refractivity contribution in [1.82, 2.24) is 10.6 Å². The molecule has 5 heteroatoms. The molecule has 1 aliphatic rings.